The largest absolute Gasteiger partial charge is 0.255 e. The Balaban J connectivity index is 0.927. The molecule has 4 heterocycles. The molecule has 0 spiro atoms. The van der Waals surface area contributed by atoms with Gasteiger partial charge in [-0.3, -0.25) is 9.97 Å². The Morgan fingerprint density at radius 2 is 0.742 bits per heavy atom. The van der Waals surface area contributed by atoms with E-state index in [-0.39, 0.29) is 5.41 Å². The van der Waals surface area contributed by atoms with Gasteiger partial charge in [-0.1, -0.05) is 153 Å². The van der Waals surface area contributed by atoms with Crippen LogP contribution in [0.3, 0.4) is 0 Å². The van der Waals surface area contributed by atoms with Gasteiger partial charge in [0.2, 0.25) is 0 Å². The molecule has 6 aromatic carbocycles. The number of aromatic nitrogens is 4. The Bertz CT molecular complexity index is 2950. The molecule has 0 atom stereocenters. The quantitative estimate of drug-likeness (QED) is 0.154. The van der Waals surface area contributed by atoms with Crippen molar-refractivity contribution in [3.63, 3.8) is 0 Å². The van der Waals surface area contributed by atoms with Crippen LogP contribution in [0.15, 0.2) is 207 Å². The second-order valence-electron chi connectivity index (χ2n) is 16.5. The summed E-state index contributed by atoms with van der Waals surface area (Å²) in [7, 11) is 0. The summed E-state index contributed by atoms with van der Waals surface area (Å²) in [5, 5.41) is 2.27. The zero-order chi connectivity index (χ0) is 41.3. The maximum absolute atomic E-state index is 5.09. The number of rotatable bonds is 8. The van der Waals surface area contributed by atoms with Crippen molar-refractivity contribution in [3.05, 3.63) is 218 Å². The van der Waals surface area contributed by atoms with Crippen molar-refractivity contribution in [2.45, 2.75) is 37.5 Å². The van der Waals surface area contributed by atoms with E-state index in [1.54, 1.807) is 0 Å². The summed E-state index contributed by atoms with van der Waals surface area (Å²) in [5.41, 5.74) is 17.6. The monoisotopic (exact) mass is 796 g/mol. The Morgan fingerprint density at radius 1 is 0.323 bits per heavy atom. The van der Waals surface area contributed by atoms with Gasteiger partial charge in [-0.15, -0.1) is 0 Å². The topological polar surface area (TPSA) is 51.6 Å². The van der Waals surface area contributed by atoms with E-state index in [0.717, 1.165) is 68.6 Å². The number of nitrogens with zero attached hydrogens (tertiary/aromatic N) is 4. The second-order valence-corrected chi connectivity index (χ2v) is 16.5. The molecule has 11 rings (SSSR count). The summed E-state index contributed by atoms with van der Waals surface area (Å²) in [5.74, 6) is 0. The van der Waals surface area contributed by atoms with Crippen LogP contribution >= 0.6 is 0 Å². The maximum atomic E-state index is 5.09. The molecule has 0 unspecified atom stereocenters. The van der Waals surface area contributed by atoms with Crippen molar-refractivity contribution in [1.82, 2.24) is 19.9 Å². The summed E-state index contributed by atoms with van der Waals surface area (Å²) >= 11 is 0. The molecular weight excluding hydrogens is 753 g/mol. The van der Waals surface area contributed by atoms with Crippen LogP contribution in [0.4, 0.5) is 0 Å². The standard InChI is InChI=1S/C58H44N4/c1-4-14-42(15-5-1)48-38-56(54-18-8-12-34-59-54)61-52-30-24-44(36-50(48)52)40-20-26-46(27-21-40)58(32-10-3-11-33-58)47-28-22-41(23-29-47)45-25-31-53-51(37-45)49(43-16-6-2-7-17-43)39-57(62-53)55-19-9-13-35-60-55/h1-2,4-9,12-31,34-39H,3,10-11,32-33H2. The molecule has 0 aliphatic heterocycles. The first-order valence-corrected chi connectivity index (χ1v) is 21.7. The lowest BCUT2D eigenvalue weighted by Gasteiger charge is -2.39. The van der Waals surface area contributed by atoms with E-state index in [1.165, 1.54) is 63.8 Å². The maximum Gasteiger partial charge on any atom is 0.0900 e. The third-order valence-electron chi connectivity index (χ3n) is 12.9. The minimum atomic E-state index is -0.0272. The minimum Gasteiger partial charge on any atom is -0.255 e. The summed E-state index contributed by atoms with van der Waals surface area (Å²) < 4.78 is 0. The third-order valence-corrected chi connectivity index (χ3v) is 12.9. The first kappa shape index (κ1) is 37.4. The van der Waals surface area contributed by atoms with Gasteiger partial charge in [0, 0.05) is 28.6 Å². The van der Waals surface area contributed by atoms with Crippen molar-refractivity contribution in [1.29, 1.82) is 0 Å². The van der Waals surface area contributed by atoms with Crippen molar-refractivity contribution >= 4 is 21.8 Å². The molecule has 4 heteroatoms. The van der Waals surface area contributed by atoms with Crippen LogP contribution in [0.2, 0.25) is 0 Å². The minimum absolute atomic E-state index is 0.0272. The van der Waals surface area contributed by atoms with Crippen LogP contribution in [0, 0.1) is 0 Å². The van der Waals surface area contributed by atoms with Gasteiger partial charge in [-0.05, 0) is 129 Å². The molecule has 1 aliphatic carbocycles. The number of benzene rings is 6. The van der Waals surface area contributed by atoms with Gasteiger partial charge in [-0.25, -0.2) is 9.97 Å². The number of hydrogen-bond acceptors (Lipinski definition) is 4. The molecule has 296 valence electrons. The fraction of sp³-hybridized carbons (Fsp3) is 0.103. The highest BCUT2D eigenvalue weighted by Gasteiger charge is 2.35. The molecule has 1 fully saturated rings. The lowest BCUT2D eigenvalue weighted by Crippen LogP contribution is -2.30. The zero-order valence-corrected chi connectivity index (χ0v) is 34.5. The molecule has 1 saturated carbocycles. The van der Waals surface area contributed by atoms with E-state index >= 15 is 0 Å². The Morgan fingerprint density at radius 3 is 1.16 bits per heavy atom. The zero-order valence-electron chi connectivity index (χ0n) is 34.5. The summed E-state index contributed by atoms with van der Waals surface area (Å²) in [6, 6.07) is 69.8. The molecule has 0 N–H and O–H groups in total. The van der Waals surface area contributed by atoms with Gasteiger partial charge in [0.25, 0.3) is 0 Å². The Hall–Kier alpha value is -7.56. The third kappa shape index (κ3) is 7.04. The second kappa shape index (κ2) is 16.1. The first-order chi connectivity index (χ1) is 30.7. The molecule has 1 aliphatic rings. The summed E-state index contributed by atoms with van der Waals surface area (Å²) in [6.07, 6.45) is 9.68. The van der Waals surface area contributed by atoms with Crippen LogP contribution in [0.25, 0.3) is 89.1 Å². The molecule has 0 bridgehead atoms. The van der Waals surface area contributed by atoms with E-state index in [0.29, 0.717) is 0 Å². The van der Waals surface area contributed by atoms with Gasteiger partial charge in [0.05, 0.1) is 33.8 Å². The van der Waals surface area contributed by atoms with Gasteiger partial charge in [0.15, 0.2) is 0 Å². The predicted octanol–water partition coefficient (Wildman–Crippen LogP) is 14.8. The van der Waals surface area contributed by atoms with E-state index in [4.69, 9.17) is 9.97 Å². The molecule has 4 nitrogen and oxygen atoms in total. The molecule has 0 radical (unpaired) electrons. The van der Waals surface area contributed by atoms with Crippen LogP contribution < -0.4 is 0 Å². The normalized spacial score (nSPS) is 13.6. The van der Waals surface area contributed by atoms with Crippen molar-refractivity contribution in [2.75, 3.05) is 0 Å². The highest BCUT2D eigenvalue weighted by atomic mass is 14.8. The van der Waals surface area contributed by atoms with E-state index in [9.17, 15) is 0 Å². The van der Waals surface area contributed by atoms with Crippen molar-refractivity contribution < 1.29 is 0 Å². The van der Waals surface area contributed by atoms with Gasteiger partial charge in [-0.2, -0.15) is 0 Å². The highest BCUT2D eigenvalue weighted by molar-refractivity contribution is 6.00. The smallest absolute Gasteiger partial charge is 0.0900 e. The van der Waals surface area contributed by atoms with E-state index in [2.05, 4.69) is 168 Å². The molecule has 4 aromatic heterocycles. The fourth-order valence-electron chi connectivity index (χ4n) is 9.68. The lowest BCUT2D eigenvalue weighted by molar-refractivity contribution is 0.346. The van der Waals surface area contributed by atoms with E-state index in [1.807, 2.05) is 48.8 Å². The van der Waals surface area contributed by atoms with E-state index < -0.39 is 0 Å². The average Bonchev–Trinajstić information content (AvgIpc) is 3.36. The van der Waals surface area contributed by atoms with Crippen LogP contribution in [-0.2, 0) is 5.41 Å². The Kier molecular flexibility index (Phi) is 9.74. The van der Waals surface area contributed by atoms with Crippen LogP contribution in [0.5, 0.6) is 0 Å². The molecule has 0 saturated heterocycles. The number of pyridine rings is 4. The molecule has 0 amide bonds. The predicted molar refractivity (Wildman–Crippen MR) is 256 cm³/mol. The number of fused-ring (bicyclic) bond motifs is 2. The number of hydrogen-bond donors (Lipinski definition) is 0. The van der Waals surface area contributed by atoms with Crippen LogP contribution in [0.1, 0.15) is 43.2 Å². The average molecular weight is 797 g/mol. The van der Waals surface area contributed by atoms with Crippen LogP contribution in [-0.4, -0.2) is 19.9 Å². The molecule has 62 heavy (non-hydrogen) atoms. The first-order valence-electron chi connectivity index (χ1n) is 21.7. The summed E-state index contributed by atoms with van der Waals surface area (Å²) in [4.78, 5) is 19.4. The fourth-order valence-corrected chi connectivity index (χ4v) is 9.68. The molecule has 10 aromatic rings. The summed E-state index contributed by atoms with van der Waals surface area (Å²) in [6.45, 7) is 0. The molecular formula is C58H44N4. The highest BCUT2D eigenvalue weighted by Crippen LogP contribution is 2.46. The lowest BCUT2D eigenvalue weighted by atomic mass is 9.65. The van der Waals surface area contributed by atoms with Crippen molar-refractivity contribution in [3.8, 4) is 67.3 Å². The Labute approximate surface area is 362 Å². The van der Waals surface area contributed by atoms with Gasteiger partial charge in [0.1, 0.15) is 0 Å². The SMILES string of the molecule is c1ccc(-c2cc(-c3ccccn3)nc3ccc(-c4ccc(C5(c6ccc(-c7ccc8nc(-c9ccccn9)cc(-c9ccccc9)c8c7)cc6)CCCCC5)cc4)cc23)cc1. The van der Waals surface area contributed by atoms with Crippen molar-refractivity contribution in [2.24, 2.45) is 0 Å². The van der Waals surface area contributed by atoms with Gasteiger partial charge >= 0.3 is 0 Å². The van der Waals surface area contributed by atoms with Gasteiger partial charge < -0.3 is 0 Å².